The van der Waals surface area contributed by atoms with Gasteiger partial charge in [-0.3, -0.25) is 4.90 Å². The second-order valence-corrected chi connectivity index (χ2v) is 5.43. The summed E-state index contributed by atoms with van der Waals surface area (Å²) in [6, 6.07) is 12.7. The van der Waals surface area contributed by atoms with Crippen molar-refractivity contribution in [2.24, 2.45) is 0 Å². The average Bonchev–Trinajstić information content (AvgIpc) is 3.03. The Hall–Kier alpha value is -1.29. The lowest BCUT2D eigenvalue weighted by molar-refractivity contribution is 0.000329. The summed E-state index contributed by atoms with van der Waals surface area (Å²) >= 11 is 5.96. The first kappa shape index (κ1) is 11.5. The lowest BCUT2D eigenvalue weighted by atomic mass is 10.1. The summed E-state index contributed by atoms with van der Waals surface area (Å²) in [5.74, 6) is 0.551. The number of hydrogen-bond acceptors (Lipinski definition) is 2. The zero-order valence-corrected chi connectivity index (χ0v) is 11.3. The van der Waals surface area contributed by atoms with Gasteiger partial charge in [0.1, 0.15) is 0 Å². The average molecular weight is 275 g/mol. The second-order valence-electron chi connectivity index (χ2n) is 5.13. The minimum absolute atomic E-state index is 0.0196. The molecule has 0 spiro atoms. The molecule has 4 heteroatoms. The minimum Gasteiger partial charge on any atom is -0.351 e. The first-order chi connectivity index (χ1) is 9.36. The van der Waals surface area contributed by atoms with E-state index in [1.54, 1.807) is 0 Å². The zero-order chi connectivity index (χ0) is 12.8. The summed E-state index contributed by atoms with van der Waals surface area (Å²) in [7, 11) is 0. The van der Waals surface area contributed by atoms with Gasteiger partial charge in [0.2, 0.25) is 0 Å². The Morgan fingerprint density at radius 2 is 2.11 bits per heavy atom. The summed E-state index contributed by atoms with van der Waals surface area (Å²) in [5, 5.41) is 0. The normalized spacial score (nSPS) is 25.5. The van der Waals surface area contributed by atoms with E-state index >= 15 is 0 Å². The molecular weight excluding hydrogens is 260 g/mol. The van der Waals surface area contributed by atoms with Crippen molar-refractivity contribution in [1.82, 2.24) is 9.47 Å². The van der Waals surface area contributed by atoms with Crippen molar-refractivity contribution in [1.29, 1.82) is 0 Å². The van der Waals surface area contributed by atoms with Crippen molar-refractivity contribution in [2.45, 2.75) is 18.9 Å². The molecule has 2 atom stereocenters. The molecule has 1 fully saturated rings. The van der Waals surface area contributed by atoms with Crippen LogP contribution in [0.4, 0.5) is 0 Å². The summed E-state index contributed by atoms with van der Waals surface area (Å²) in [5.41, 5.74) is 3.78. The topological polar surface area (TPSA) is 17.4 Å². The van der Waals surface area contributed by atoms with Gasteiger partial charge in [-0.15, -0.1) is 11.6 Å². The number of nitrogens with zero attached hydrogens (tertiary/aromatic N) is 2. The number of benzene rings is 1. The van der Waals surface area contributed by atoms with Crippen LogP contribution in [0.3, 0.4) is 0 Å². The van der Waals surface area contributed by atoms with Crippen LogP contribution in [0.1, 0.15) is 17.5 Å². The van der Waals surface area contributed by atoms with Gasteiger partial charge in [-0.05, 0) is 23.8 Å². The van der Waals surface area contributed by atoms with Crippen molar-refractivity contribution in [3.63, 3.8) is 0 Å². The maximum Gasteiger partial charge on any atom is 0.153 e. The van der Waals surface area contributed by atoms with E-state index in [4.69, 9.17) is 16.3 Å². The molecule has 0 bridgehead atoms. The number of aromatic nitrogens is 1. The molecule has 2 aromatic rings. The number of ether oxygens (including phenoxy) is 1. The third-order valence-electron chi connectivity index (χ3n) is 3.92. The Bertz CT molecular complexity index is 610. The number of para-hydroxylation sites is 1. The molecule has 2 aliphatic heterocycles. The fourth-order valence-corrected chi connectivity index (χ4v) is 3.24. The van der Waals surface area contributed by atoms with Gasteiger partial charge in [0.05, 0.1) is 11.8 Å². The predicted molar refractivity (Wildman–Crippen MR) is 74.5 cm³/mol. The smallest absolute Gasteiger partial charge is 0.153 e. The lowest BCUT2D eigenvalue weighted by Crippen LogP contribution is -2.23. The standard InChI is InChI=1S/C15H15ClN2O/c16-8-12-10-17-9-11-4-1-2-5-13(11)18-7-3-6-14(18)15(17)19-12/h1-7,12,15H,8-10H2/t12-,15-/m0/s1. The molecule has 0 unspecified atom stereocenters. The molecule has 4 rings (SSSR count). The molecule has 3 heterocycles. The van der Waals surface area contributed by atoms with Gasteiger partial charge in [-0.25, -0.2) is 0 Å². The molecule has 1 saturated heterocycles. The van der Waals surface area contributed by atoms with Crippen LogP contribution >= 0.6 is 11.6 Å². The molecule has 19 heavy (non-hydrogen) atoms. The molecule has 1 aromatic heterocycles. The summed E-state index contributed by atoms with van der Waals surface area (Å²) in [6.07, 6.45) is 2.25. The fraction of sp³-hybridized carbons (Fsp3) is 0.333. The van der Waals surface area contributed by atoms with Gasteiger partial charge in [0, 0.05) is 30.9 Å². The van der Waals surface area contributed by atoms with Crippen molar-refractivity contribution < 1.29 is 4.74 Å². The van der Waals surface area contributed by atoms with Crippen LogP contribution in [0.25, 0.3) is 5.69 Å². The van der Waals surface area contributed by atoms with E-state index in [-0.39, 0.29) is 12.3 Å². The van der Waals surface area contributed by atoms with Gasteiger partial charge < -0.3 is 9.30 Å². The lowest BCUT2D eigenvalue weighted by Gasteiger charge is -2.19. The van der Waals surface area contributed by atoms with Crippen molar-refractivity contribution in [3.05, 3.63) is 53.9 Å². The first-order valence-corrected chi connectivity index (χ1v) is 7.11. The maximum absolute atomic E-state index is 6.08. The van der Waals surface area contributed by atoms with E-state index in [0.29, 0.717) is 5.88 Å². The van der Waals surface area contributed by atoms with E-state index in [2.05, 4.69) is 52.1 Å². The quantitative estimate of drug-likeness (QED) is 0.744. The molecule has 0 N–H and O–H groups in total. The monoisotopic (exact) mass is 274 g/mol. The molecule has 3 nitrogen and oxygen atoms in total. The van der Waals surface area contributed by atoms with Gasteiger partial charge in [-0.1, -0.05) is 18.2 Å². The Morgan fingerprint density at radius 3 is 3.00 bits per heavy atom. The molecule has 1 aromatic carbocycles. The second kappa shape index (κ2) is 4.37. The minimum atomic E-state index is 0.0196. The third-order valence-corrected chi connectivity index (χ3v) is 4.27. The molecule has 98 valence electrons. The first-order valence-electron chi connectivity index (χ1n) is 6.58. The van der Waals surface area contributed by atoms with Gasteiger partial charge in [0.15, 0.2) is 6.23 Å². The van der Waals surface area contributed by atoms with Crippen molar-refractivity contribution in [3.8, 4) is 5.69 Å². The van der Waals surface area contributed by atoms with Crippen LogP contribution in [0.2, 0.25) is 0 Å². The van der Waals surface area contributed by atoms with E-state index < -0.39 is 0 Å². The fourth-order valence-electron chi connectivity index (χ4n) is 3.07. The SMILES string of the molecule is ClC[C@H]1CN2Cc3ccccc3-n3cccc3[C@@H]2O1. The van der Waals surface area contributed by atoms with Gasteiger partial charge in [0.25, 0.3) is 0 Å². The van der Waals surface area contributed by atoms with Crippen LogP contribution in [0, 0.1) is 0 Å². The molecule has 0 saturated carbocycles. The Labute approximate surface area is 117 Å². The highest BCUT2D eigenvalue weighted by atomic mass is 35.5. The summed E-state index contributed by atoms with van der Waals surface area (Å²) in [4.78, 5) is 2.37. The summed E-state index contributed by atoms with van der Waals surface area (Å²) < 4.78 is 8.32. The highest BCUT2D eigenvalue weighted by Gasteiger charge is 2.37. The van der Waals surface area contributed by atoms with Crippen LogP contribution in [-0.2, 0) is 11.3 Å². The highest BCUT2D eigenvalue weighted by Crippen LogP contribution is 2.37. The Kier molecular flexibility index (Phi) is 2.65. The molecule has 2 aliphatic rings. The zero-order valence-electron chi connectivity index (χ0n) is 10.5. The van der Waals surface area contributed by atoms with E-state index in [1.165, 1.54) is 16.9 Å². The van der Waals surface area contributed by atoms with Gasteiger partial charge >= 0.3 is 0 Å². The Morgan fingerprint density at radius 1 is 1.21 bits per heavy atom. The van der Waals surface area contributed by atoms with Crippen LogP contribution in [0.5, 0.6) is 0 Å². The molecule has 0 amide bonds. The van der Waals surface area contributed by atoms with E-state index in [0.717, 1.165) is 13.1 Å². The van der Waals surface area contributed by atoms with Crippen LogP contribution in [0.15, 0.2) is 42.6 Å². The van der Waals surface area contributed by atoms with E-state index in [9.17, 15) is 0 Å². The third kappa shape index (κ3) is 1.73. The highest BCUT2D eigenvalue weighted by molar-refractivity contribution is 6.18. The summed E-state index contributed by atoms with van der Waals surface area (Å²) in [6.45, 7) is 1.81. The number of rotatable bonds is 1. The van der Waals surface area contributed by atoms with Gasteiger partial charge in [-0.2, -0.15) is 0 Å². The molecular formula is C15H15ClN2O. The molecule has 0 aliphatic carbocycles. The number of fused-ring (bicyclic) bond motifs is 5. The van der Waals surface area contributed by atoms with Crippen LogP contribution in [-0.4, -0.2) is 28.0 Å². The number of halogens is 1. The maximum atomic E-state index is 6.08. The van der Waals surface area contributed by atoms with Crippen LogP contribution < -0.4 is 0 Å². The Balaban J connectivity index is 1.86. The van der Waals surface area contributed by atoms with E-state index in [1.807, 2.05) is 0 Å². The van der Waals surface area contributed by atoms with Crippen molar-refractivity contribution >= 4 is 11.6 Å². The number of hydrogen-bond donors (Lipinski definition) is 0. The molecule has 0 radical (unpaired) electrons. The largest absolute Gasteiger partial charge is 0.351 e. The predicted octanol–water partition coefficient (Wildman–Crippen LogP) is 2.93. The van der Waals surface area contributed by atoms with Crippen molar-refractivity contribution in [2.75, 3.05) is 12.4 Å². The number of alkyl halides is 1.